The fourth-order valence-electron chi connectivity index (χ4n) is 2.34. The number of aromatic nitrogens is 1. The first-order valence-corrected chi connectivity index (χ1v) is 7.10. The lowest BCUT2D eigenvalue weighted by molar-refractivity contribution is 0.111. The smallest absolute Gasteiger partial charge is 0.167 e. The van der Waals surface area contributed by atoms with E-state index in [1.54, 1.807) is 0 Å². The van der Waals surface area contributed by atoms with Crippen LogP contribution in [0.25, 0.3) is 16.6 Å². The zero-order valence-corrected chi connectivity index (χ0v) is 12.6. The molecule has 2 nitrogen and oxygen atoms in total. The Bertz CT molecular complexity index is 756. The SMILES string of the molecule is Cc1cccn2c(C=O)c(-c3ccc(I)cc3)cc12. The van der Waals surface area contributed by atoms with E-state index in [1.165, 1.54) is 9.13 Å². The summed E-state index contributed by atoms with van der Waals surface area (Å²) in [5, 5.41) is 0. The lowest BCUT2D eigenvalue weighted by atomic mass is 10.1. The van der Waals surface area contributed by atoms with Crippen LogP contribution in [0.1, 0.15) is 16.1 Å². The van der Waals surface area contributed by atoms with E-state index in [0.29, 0.717) is 5.69 Å². The average molecular weight is 361 g/mol. The minimum Gasteiger partial charge on any atom is -0.313 e. The van der Waals surface area contributed by atoms with Crippen LogP contribution in [-0.2, 0) is 0 Å². The average Bonchev–Trinajstić information content (AvgIpc) is 2.79. The predicted molar refractivity (Wildman–Crippen MR) is 85.7 cm³/mol. The summed E-state index contributed by atoms with van der Waals surface area (Å²) in [6, 6.07) is 14.3. The van der Waals surface area contributed by atoms with Crippen molar-refractivity contribution >= 4 is 34.4 Å². The fraction of sp³-hybridized carbons (Fsp3) is 0.0625. The fourth-order valence-corrected chi connectivity index (χ4v) is 2.70. The van der Waals surface area contributed by atoms with Gasteiger partial charge in [-0.05, 0) is 64.9 Å². The second-order valence-electron chi connectivity index (χ2n) is 4.51. The van der Waals surface area contributed by atoms with Gasteiger partial charge in [-0.1, -0.05) is 18.2 Å². The molecule has 0 bridgehead atoms. The van der Waals surface area contributed by atoms with Crippen molar-refractivity contribution in [2.24, 2.45) is 0 Å². The van der Waals surface area contributed by atoms with Crippen molar-refractivity contribution in [3.05, 3.63) is 63.5 Å². The maximum atomic E-state index is 11.4. The van der Waals surface area contributed by atoms with Gasteiger partial charge >= 0.3 is 0 Å². The zero-order chi connectivity index (χ0) is 13.4. The summed E-state index contributed by atoms with van der Waals surface area (Å²) in [6.07, 6.45) is 2.86. The summed E-state index contributed by atoms with van der Waals surface area (Å²) < 4.78 is 3.14. The molecular weight excluding hydrogens is 349 g/mol. The van der Waals surface area contributed by atoms with Crippen molar-refractivity contribution in [1.29, 1.82) is 0 Å². The van der Waals surface area contributed by atoms with E-state index in [9.17, 15) is 4.79 Å². The highest BCUT2D eigenvalue weighted by Gasteiger charge is 2.12. The van der Waals surface area contributed by atoms with Crippen LogP contribution in [0.15, 0.2) is 48.7 Å². The van der Waals surface area contributed by atoms with Gasteiger partial charge in [-0.2, -0.15) is 0 Å². The first-order chi connectivity index (χ1) is 9.20. The van der Waals surface area contributed by atoms with Gasteiger partial charge in [0.05, 0.1) is 5.69 Å². The maximum Gasteiger partial charge on any atom is 0.167 e. The second kappa shape index (κ2) is 4.81. The molecule has 0 radical (unpaired) electrons. The molecule has 0 fully saturated rings. The Labute approximate surface area is 125 Å². The minimum atomic E-state index is 0.708. The van der Waals surface area contributed by atoms with E-state index in [4.69, 9.17) is 0 Å². The van der Waals surface area contributed by atoms with Crippen molar-refractivity contribution in [2.75, 3.05) is 0 Å². The maximum absolute atomic E-state index is 11.4. The van der Waals surface area contributed by atoms with Crippen molar-refractivity contribution in [2.45, 2.75) is 6.92 Å². The van der Waals surface area contributed by atoms with E-state index < -0.39 is 0 Å². The molecule has 94 valence electrons. The normalized spacial score (nSPS) is 10.8. The quantitative estimate of drug-likeness (QED) is 0.492. The number of carbonyl (C=O) groups excluding carboxylic acids is 1. The molecule has 0 spiro atoms. The number of halogens is 1. The molecule has 0 unspecified atom stereocenters. The Kier molecular flexibility index (Phi) is 3.14. The van der Waals surface area contributed by atoms with Gasteiger partial charge in [-0.25, -0.2) is 0 Å². The highest BCUT2D eigenvalue weighted by molar-refractivity contribution is 14.1. The Hall–Kier alpha value is -1.62. The van der Waals surface area contributed by atoms with E-state index in [0.717, 1.165) is 22.9 Å². The van der Waals surface area contributed by atoms with Crippen molar-refractivity contribution in [3.63, 3.8) is 0 Å². The molecule has 3 heteroatoms. The van der Waals surface area contributed by atoms with Gasteiger partial charge in [-0.15, -0.1) is 0 Å². The lowest BCUT2D eigenvalue weighted by Crippen LogP contribution is -1.92. The van der Waals surface area contributed by atoms with Crippen molar-refractivity contribution in [1.82, 2.24) is 4.40 Å². The summed E-state index contributed by atoms with van der Waals surface area (Å²) in [5.74, 6) is 0. The predicted octanol–water partition coefficient (Wildman–Crippen LogP) is 4.33. The minimum absolute atomic E-state index is 0.708. The van der Waals surface area contributed by atoms with Gasteiger partial charge in [0, 0.05) is 20.8 Å². The molecule has 2 aromatic heterocycles. The van der Waals surface area contributed by atoms with E-state index >= 15 is 0 Å². The first kappa shape index (κ1) is 12.4. The van der Waals surface area contributed by atoms with Gasteiger partial charge in [-0.3, -0.25) is 4.79 Å². The molecule has 3 rings (SSSR count). The van der Waals surface area contributed by atoms with Crippen LogP contribution in [0.5, 0.6) is 0 Å². The monoisotopic (exact) mass is 361 g/mol. The van der Waals surface area contributed by atoms with Gasteiger partial charge in [0.25, 0.3) is 0 Å². The Morgan fingerprint density at radius 2 is 1.89 bits per heavy atom. The highest BCUT2D eigenvalue weighted by atomic mass is 127. The number of fused-ring (bicyclic) bond motifs is 1. The largest absolute Gasteiger partial charge is 0.313 e. The number of rotatable bonds is 2. The summed E-state index contributed by atoms with van der Waals surface area (Å²) in [4.78, 5) is 11.4. The van der Waals surface area contributed by atoms with Crippen LogP contribution in [0.3, 0.4) is 0 Å². The molecule has 1 aromatic carbocycles. The molecule has 0 saturated carbocycles. The number of benzene rings is 1. The van der Waals surface area contributed by atoms with E-state index in [-0.39, 0.29) is 0 Å². The Balaban J connectivity index is 2.32. The van der Waals surface area contributed by atoms with E-state index in [1.807, 2.05) is 16.7 Å². The topological polar surface area (TPSA) is 21.5 Å². The highest BCUT2D eigenvalue weighted by Crippen LogP contribution is 2.28. The molecule has 3 aromatic rings. The molecule has 19 heavy (non-hydrogen) atoms. The van der Waals surface area contributed by atoms with Crippen LogP contribution in [0.4, 0.5) is 0 Å². The number of aryl methyl sites for hydroxylation is 1. The third-order valence-electron chi connectivity index (χ3n) is 3.33. The van der Waals surface area contributed by atoms with E-state index in [2.05, 4.69) is 65.9 Å². The van der Waals surface area contributed by atoms with Crippen molar-refractivity contribution < 1.29 is 4.79 Å². The molecule has 0 amide bonds. The number of aldehydes is 1. The second-order valence-corrected chi connectivity index (χ2v) is 5.76. The summed E-state index contributed by atoms with van der Waals surface area (Å²) in [7, 11) is 0. The molecule has 0 aliphatic heterocycles. The molecular formula is C16H12INO. The van der Waals surface area contributed by atoms with Gasteiger partial charge in [0.15, 0.2) is 6.29 Å². The molecule has 0 atom stereocenters. The zero-order valence-electron chi connectivity index (χ0n) is 10.4. The number of hydrogen-bond acceptors (Lipinski definition) is 1. The lowest BCUT2D eigenvalue weighted by Gasteiger charge is -2.01. The number of pyridine rings is 1. The third kappa shape index (κ3) is 2.08. The van der Waals surface area contributed by atoms with Crippen LogP contribution in [-0.4, -0.2) is 10.7 Å². The van der Waals surface area contributed by atoms with Gasteiger partial charge in [0.2, 0.25) is 0 Å². The summed E-state index contributed by atoms with van der Waals surface area (Å²) >= 11 is 2.28. The molecule has 2 heterocycles. The number of nitrogens with zero attached hydrogens (tertiary/aromatic N) is 1. The standard InChI is InChI=1S/C16H12INO/c1-11-3-2-8-18-15(11)9-14(16(18)10-19)12-4-6-13(17)7-5-12/h2-10H,1H3. The molecule has 0 aliphatic carbocycles. The van der Waals surface area contributed by atoms with Crippen LogP contribution < -0.4 is 0 Å². The first-order valence-electron chi connectivity index (χ1n) is 6.02. The molecule has 0 N–H and O–H groups in total. The van der Waals surface area contributed by atoms with Crippen LogP contribution in [0, 0.1) is 10.5 Å². The molecule has 0 aliphatic rings. The van der Waals surface area contributed by atoms with Crippen molar-refractivity contribution in [3.8, 4) is 11.1 Å². The summed E-state index contributed by atoms with van der Waals surface area (Å²) in [5.41, 5.74) is 5.02. The Morgan fingerprint density at radius 1 is 1.16 bits per heavy atom. The summed E-state index contributed by atoms with van der Waals surface area (Å²) in [6.45, 7) is 2.06. The number of hydrogen-bond donors (Lipinski definition) is 0. The van der Waals surface area contributed by atoms with Crippen LogP contribution >= 0.6 is 22.6 Å². The number of carbonyl (C=O) groups is 1. The van der Waals surface area contributed by atoms with Gasteiger partial charge < -0.3 is 4.40 Å². The van der Waals surface area contributed by atoms with Gasteiger partial charge in [0.1, 0.15) is 0 Å². The molecule has 0 saturated heterocycles. The van der Waals surface area contributed by atoms with Crippen LogP contribution in [0.2, 0.25) is 0 Å². The Morgan fingerprint density at radius 3 is 2.58 bits per heavy atom. The third-order valence-corrected chi connectivity index (χ3v) is 4.05.